The average Bonchev–Trinajstić information content (AvgIpc) is 3.07. The van der Waals surface area contributed by atoms with Crippen LogP contribution in [-0.4, -0.2) is 50.4 Å². The Morgan fingerprint density at radius 3 is 2.00 bits per heavy atom. The molecule has 0 aliphatic heterocycles. The van der Waals surface area contributed by atoms with Crippen LogP contribution < -0.4 is 14.4 Å². The summed E-state index contributed by atoms with van der Waals surface area (Å²) >= 11 is 0. The largest absolute Gasteiger partial charge is 0.492 e. The number of para-hydroxylation sites is 2. The van der Waals surface area contributed by atoms with Crippen molar-refractivity contribution in [2.45, 2.75) is 71.0 Å². The fraction of sp³-hybridized carbons (Fsp3) is 0.316. The maximum Gasteiger partial charge on any atom is 0.264 e. The topological polar surface area (TPSA) is 96.0 Å². The number of carbonyl (C=O) groups excluding carboxylic acids is 2. The monoisotopic (exact) mass is 655 g/mol. The Morgan fingerprint density at radius 1 is 0.787 bits per heavy atom. The number of rotatable bonds is 15. The molecule has 8 nitrogen and oxygen atoms in total. The Hall–Kier alpha value is -4.63. The molecule has 4 aromatic carbocycles. The third-order valence-electron chi connectivity index (χ3n) is 8.07. The molecule has 1 N–H and O–H groups in total. The molecule has 0 bridgehead atoms. The van der Waals surface area contributed by atoms with Crippen molar-refractivity contribution in [2.24, 2.45) is 0 Å². The molecular weight excluding hydrogens is 611 g/mol. The Kier molecular flexibility index (Phi) is 12.2. The van der Waals surface area contributed by atoms with Crippen molar-refractivity contribution in [3.63, 3.8) is 0 Å². The zero-order valence-electron chi connectivity index (χ0n) is 27.8. The molecule has 4 aromatic rings. The molecule has 4 rings (SSSR count). The molecular formula is C38H45N3O5S. The number of hydrogen-bond donors (Lipinski definition) is 1. The lowest BCUT2D eigenvalue weighted by Gasteiger charge is -2.34. The van der Waals surface area contributed by atoms with Crippen LogP contribution in [0.3, 0.4) is 0 Å². The van der Waals surface area contributed by atoms with Crippen LogP contribution in [0.25, 0.3) is 0 Å². The molecule has 0 fully saturated rings. The minimum absolute atomic E-state index is 0.0441. The highest BCUT2D eigenvalue weighted by Crippen LogP contribution is 2.33. The predicted molar refractivity (Wildman–Crippen MR) is 187 cm³/mol. The Labute approximate surface area is 279 Å². The number of amides is 2. The van der Waals surface area contributed by atoms with Gasteiger partial charge < -0.3 is 15.0 Å². The van der Waals surface area contributed by atoms with Crippen molar-refractivity contribution < 1.29 is 22.7 Å². The van der Waals surface area contributed by atoms with E-state index in [1.165, 1.54) is 17.0 Å². The van der Waals surface area contributed by atoms with E-state index in [2.05, 4.69) is 5.32 Å². The van der Waals surface area contributed by atoms with Gasteiger partial charge in [-0.05, 0) is 69.5 Å². The van der Waals surface area contributed by atoms with Crippen LogP contribution in [0.4, 0.5) is 5.69 Å². The molecule has 0 saturated heterocycles. The summed E-state index contributed by atoms with van der Waals surface area (Å²) in [5.41, 5.74) is 3.90. The first-order valence-corrected chi connectivity index (χ1v) is 17.5. The summed E-state index contributed by atoms with van der Waals surface area (Å²) in [6, 6.07) is 29.6. The van der Waals surface area contributed by atoms with Crippen LogP contribution in [0, 0.1) is 13.8 Å². The SMILES string of the molecule is CCOc1ccccc1N(CC(=O)N(Cc1ccc(C)cc1)[C@H](Cc1ccccc1)C(=O)N[C@@H](C)CC)S(=O)(=O)c1ccc(C)cc1. The first-order chi connectivity index (χ1) is 22.5. The maximum atomic E-state index is 14.7. The third kappa shape index (κ3) is 9.23. The van der Waals surface area contributed by atoms with Gasteiger partial charge in [0.1, 0.15) is 18.3 Å². The van der Waals surface area contributed by atoms with E-state index in [1.54, 1.807) is 36.4 Å². The molecule has 0 heterocycles. The lowest BCUT2D eigenvalue weighted by Crippen LogP contribution is -2.54. The summed E-state index contributed by atoms with van der Waals surface area (Å²) < 4.78 is 35.6. The van der Waals surface area contributed by atoms with Gasteiger partial charge >= 0.3 is 0 Å². The molecule has 0 radical (unpaired) electrons. The van der Waals surface area contributed by atoms with Gasteiger partial charge in [0.25, 0.3) is 10.0 Å². The number of carbonyl (C=O) groups is 2. The van der Waals surface area contributed by atoms with E-state index < -0.39 is 28.5 Å². The summed E-state index contributed by atoms with van der Waals surface area (Å²) in [4.78, 5) is 30.2. The summed E-state index contributed by atoms with van der Waals surface area (Å²) in [7, 11) is -4.24. The number of anilines is 1. The normalized spacial score (nSPS) is 12.5. The number of hydrogen-bond acceptors (Lipinski definition) is 5. The predicted octanol–water partition coefficient (Wildman–Crippen LogP) is 6.45. The highest BCUT2D eigenvalue weighted by molar-refractivity contribution is 7.92. The van der Waals surface area contributed by atoms with E-state index in [9.17, 15) is 18.0 Å². The fourth-order valence-corrected chi connectivity index (χ4v) is 6.60. The summed E-state index contributed by atoms with van der Waals surface area (Å²) in [6.45, 7) is 9.44. The van der Waals surface area contributed by atoms with Crippen molar-refractivity contribution in [2.75, 3.05) is 17.5 Å². The van der Waals surface area contributed by atoms with Crippen LogP contribution in [0.2, 0.25) is 0 Å². The van der Waals surface area contributed by atoms with Crippen LogP contribution in [0.5, 0.6) is 5.75 Å². The minimum atomic E-state index is -4.24. The average molecular weight is 656 g/mol. The summed E-state index contributed by atoms with van der Waals surface area (Å²) in [5.74, 6) is -0.488. The zero-order chi connectivity index (χ0) is 34.0. The van der Waals surface area contributed by atoms with E-state index in [0.29, 0.717) is 18.8 Å². The smallest absolute Gasteiger partial charge is 0.264 e. The Morgan fingerprint density at radius 2 is 1.38 bits per heavy atom. The van der Waals surface area contributed by atoms with Crippen LogP contribution >= 0.6 is 0 Å². The molecule has 248 valence electrons. The quantitative estimate of drug-likeness (QED) is 0.159. The first-order valence-electron chi connectivity index (χ1n) is 16.0. The highest BCUT2D eigenvalue weighted by Gasteiger charge is 2.35. The summed E-state index contributed by atoms with van der Waals surface area (Å²) in [6.07, 6.45) is 0.966. The van der Waals surface area contributed by atoms with E-state index in [0.717, 1.165) is 26.6 Å². The second kappa shape index (κ2) is 16.3. The Balaban J connectivity index is 1.84. The summed E-state index contributed by atoms with van der Waals surface area (Å²) in [5, 5.41) is 3.07. The molecule has 9 heteroatoms. The molecule has 0 aliphatic carbocycles. The lowest BCUT2D eigenvalue weighted by molar-refractivity contribution is -0.140. The van der Waals surface area contributed by atoms with Gasteiger partial charge in [-0.25, -0.2) is 8.42 Å². The molecule has 2 atom stereocenters. The van der Waals surface area contributed by atoms with E-state index in [4.69, 9.17) is 4.74 Å². The number of ether oxygens (including phenoxy) is 1. The van der Waals surface area contributed by atoms with Crippen molar-refractivity contribution in [1.82, 2.24) is 10.2 Å². The first kappa shape index (κ1) is 35.2. The van der Waals surface area contributed by atoms with Crippen molar-refractivity contribution in [3.05, 3.63) is 125 Å². The third-order valence-corrected chi connectivity index (χ3v) is 9.84. The van der Waals surface area contributed by atoms with Gasteiger partial charge in [0.2, 0.25) is 11.8 Å². The Bertz CT molecular complexity index is 1730. The molecule has 2 amide bonds. The van der Waals surface area contributed by atoms with Crippen LogP contribution in [0.15, 0.2) is 108 Å². The molecule has 0 spiro atoms. The number of nitrogens with zero attached hydrogens (tertiary/aromatic N) is 2. The van der Waals surface area contributed by atoms with Gasteiger partial charge in [-0.1, -0.05) is 96.9 Å². The second-order valence-electron chi connectivity index (χ2n) is 11.8. The van der Waals surface area contributed by atoms with Gasteiger partial charge in [-0.15, -0.1) is 0 Å². The van der Waals surface area contributed by atoms with Crippen molar-refractivity contribution in [3.8, 4) is 5.75 Å². The van der Waals surface area contributed by atoms with Crippen molar-refractivity contribution >= 4 is 27.5 Å². The van der Waals surface area contributed by atoms with Crippen LogP contribution in [-0.2, 0) is 32.6 Å². The lowest BCUT2D eigenvalue weighted by atomic mass is 10.0. The number of aryl methyl sites for hydroxylation is 2. The number of benzene rings is 4. The van der Waals surface area contributed by atoms with E-state index in [-0.39, 0.29) is 35.5 Å². The number of nitrogens with one attached hydrogen (secondary N) is 1. The number of sulfonamides is 1. The zero-order valence-corrected chi connectivity index (χ0v) is 28.7. The molecule has 0 aromatic heterocycles. The van der Waals surface area contributed by atoms with Gasteiger partial charge in [-0.2, -0.15) is 0 Å². The van der Waals surface area contributed by atoms with Crippen molar-refractivity contribution in [1.29, 1.82) is 0 Å². The van der Waals surface area contributed by atoms with Gasteiger partial charge in [-0.3, -0.25) is 13.9 Å². The molecule has 47 heavy (non-hydrogen) atoms. The minimum Gasteiger partial charge on any atom is -0.492 e. The molecule has 0 unspecified atom stereocenters. The molecule has 0 aliphatic rings. The highest BCUT2D eigenvalue weighted by atomic mass is 32.2. The van der Waals surface area contributed by atoms with Gasteiger partial charge in [0, 0.05) is 19.0 Å². The fourth-order valence-electron chi connectivity index (χ4n) is 5.18. The standard InChI is InChI=1S/C38H45N3O5S/c1-6-30(5)39-38(43)35(25-31-13-9-8-10-14-31)40(26-32-21-17-28(3)18-22-32)37(42)27-41(34-15-11-12-16-36(34)46-7-2)47(44,45)33-23-19-29(4)20-24-33/h8-24,30,35H,6-7,25-27H2,1-5H3,(H,39,43)/t30-,35+/m0/s1. The molecule has 0 saturated carbocycles. The second-order valence-corrected chi connectivity index (χ2v) is 13.6. The van der Waals surface area contributed by atoms with E-state index in [1.807, 2.05) is 89.2 Å². The van der Waals surface area contributed by atoms with Gasteiger partial charge in [0.15, 0.2) is 0 Å². The van der Waals surface area contributed by atoms with Crippen LogP contribution in [0.1, 0.15) is 49.4 Å². The maximum absolute atomic E-state index is 14.7. The van der Waals surface area contributed by atoms with E-state index >= 15 is 0 Å². The van der Waals surface area contributed by atoms with Gasteiger partial charge in [0.05, 0.1) is 17.2 Å².